The van der Waals surface area contributed by atoms with E-state index in [9.17, 15) is 0 Å². The first-order chi connectivity index (χ1) is 13.5. The van der Waals surface area contributed by atoms with E-state index in [4.69, 9.17) is 0 Å². The second-order valence-corrected chi connectivity index (χ2v) is 11.1. The zero-order valence-corrected chi connectivity index (χ0v) is 19.0. The third-order valence-corrected chi connectivity index (χ3v) is 8.83. The maximum absolute atomic E-state index is 3.58. The molecule has 4 heteroatoms. The summed E-state index contributed by atoms with van der Waals surface area (Å²) in [5.41, 5.74) is 1.26. The lowest BCUT2D eigenvalue weighted by Crippen LogP contribution is -2.55. The highest BCUT2D eigenvalue weighted by molar-refractivity contribution is 4.95. The number of hydrogen-bond acceptors (Lipinski definition) is 4. The second-order valence-electron chi connectivity index (χ2n) is 11.1. The molecule has 162 valence electrons. The van der Waals surface area contributed by atoms with Gasteiger partial charge in [-0.05, 0) is 122 Å². The van der Waals surface area contributed by atoms with Crippen molar-refractivity contribution in [2.75, 3.05) is 58.9 Å². The van der Waals surface area contributed by atoms with Crippen LogP contribution >= 0.6 is 0 Å². The number of nitrogens with one attached hydrogen (secondary N) is 1. The van der Waals surface area contributed by atoms with Crippen molar-refractivity contribution >= 4 is 0 Å². The van der Waals surface area contributed by atoms with Gasteiger partial charge in [-0.15, -0.1) is 0 Å². The maximum atomic E-state index is 3.58. The van der Waals surface area contributed by atoms with E-state index in [1.165, 1.54) is 110 Å². The van der Waals surface area contributed by atoms with Gasteiger partial charge in [-0.25, -0.2) is 0 Å². The summed E-state index contributed by atoms with van der Waals surface area (Å²) in [7, 11) is 0. The molecule has 0 aliphatic carbocycles. The fraction of sp³-hybridized carbons (Fsp3) is 1.00. The van der Waals surface area contributed by atoms with Gasteiger partial charge in [-0.2, -0.15) is 0 Å². The number of hydrogen-bond donors (Lipinski definition) is 1. The van der Waals surface area contributed by atoms with Gasteiger partial charge in [0.15, 0.2) is 0 Å². The monoisotopic (exact) mass is 390 g/mol. The molecule has 4 aliphatic rings. The topological polar surface area (TPSA) is 21.8 Å². The minimum atomic E-state index is 0.627. The minimum absolute atomic E-state index is 0.627. The Hall–Kier alpha value is -0.160. The molecule has 4 heterocycles. The summed E-state index contributed by atoms with van der Waals surface area (Å²) in [5, 5.41) is 3.58. The van der Waals surface area contributed by atoms with Crippen LogP contribution in [0.5, 0.6) is 0 Å². The van der Waals surface area contributed by atoms with Crippen molar-refractivity contribution in [2.24, 2.45) is 10.8 Å². The predicted octanol–water partition coefficient (Wildman–Crippen LogP) is 3.43. The highest BCUT2D eigenvalue weighted by atomic mass is 15.2. The molecule has 4 aliphatic heterocycles. The fourth-order valence-corrected chi connectivity index (χ4v) is 6.87. The first kappa shape index (κ1) is 21.1. The summed E-state index contributed by atoms with van der Waals surface area (Å²) >= 11 is 0. The maximum Gasteiger partial charge on any atom is 0.0195 e. The van der Waals surface area contributed by atoms with Crippen molar-refractivity contribution in [1.29, 1.82) is 0 Å². The van der Waals surface area contributed by atoms with E-state index in [1.807, 2.05) is 0 Å². The average Bonchev–Trinajstić information content (AvgIpc) is 2.69. The largest absolute Gasteiger partial charge is 0.317 e. The molecule has 4 rings (SSSR count). The molecule has 4 saturated heterocycles. The van der Waals surface area contributed by atoms with E-state index < -0.39 is 0 Å². The minimum Gasteiger partial charge on any atom is -0.317 e. The predicted molar refractivity (Wildman–Crippen MR) is 119 cm³/mol. The Morgan fingerprint density at radius 1 is 0.714 bits per heavy atom. The van der Waals surface area contributed by atoms with Crippen LogP contribution in [0.3, 0.4) is 0 Å². The zero-order valence-electron chi connectivity index (χ0n) is 19.0. The Balaban J connectivity index is 1.30. The standard InChI is InChI=1S/C24H46N4/c1-21(2)27-16-10-24(11-17-27)6-4-14-26(19-24)18-22(3)28-15-5-7-23(20-28)8-12-25-13-9-23/h21-22,25H,4-20H2,1-3H3. The van der Waals surface area contributed by atoms with Gasteiger partial charge in [0.1, 0.15) is 0 Å². The van der Waals surface area contributed by atoms with E-state index in [0.29, 0.717) is 10.8 Å². The van der Waals surface area contributed by atoms with Crippen molar-refractivity contribution in [3.05, 3.63) is 0 Å². The van der Waals surface area contributed by atoms with E-state index in [1.54, 1.807) is 0 Å². The first-order valence-electron chi connectivity index (χ1n) is 12.4. The van der Waals surface area contributed by atoms with Crippen LogP contribution in [0.4, 0.5) is 0 Å². The van der Waals surface area contributed by atoms with E-state index >= 15 is 0 Å². The Labute approximate surface area is 174 Å². The van der Waals surface area contributed by atoms with Gasteiger partial charge in [0, 0.05) is 31.7 Å². The zero-order chi connectivity index (χ0) is 19.6. The summed E-state index contributed by atoms with van der Waals surface area (Å²) in [4.78, 5) is 8.40. The van der Waals surface area contributed by atoms with Crippen LogP contribution in [0.25, 0.3) is 0 Å². The number of rotatable bonds is 4. The Kier molecular flexibility index (Phi) is 6.71. The van der Waals surface area contributed by atoms with E-state index in [0.717, 1.165) is 12.1 Å². The van der Waals surface area contributed by atoms with Crippen LogP contribution in [-0.4, -0.2) is 85.7 Å². The lowest BCUT2D eigenvalue weighted by Gasteiger charge is -2.51. The highest BCUT2D eigenvalue weighted by Gasteiger charge is 2.41. The Morgan fingerprint density at radius 3 is 2.04 bits per heavy atom. The number of likely N-dealkylation sites (tertiary alicyclic amines) is 3. The van der Waals surface area contributed by atoms with Crippen LogP contribution in [0.15, 0.2) is 0 Å². The molecule has 0 amide bonds. The third kappa shape index (κ3) is 4.77. The SMILES string of the molecule is CC(C)N1CCC2(CCCN(CC(C)N3CCCC4(CCNCC4)C3)C2)CC1. The quantitative estimate of drug-likeness (QED) is 0.794. The number of nitrogens with zero attached hydrogens (tertiary/aromatic N) is 3. The van der Waals surface area contributed by atoms with Crippen LogP contribution in [-0.2, 0) is 0 Å². The summed E-state index contributed by atoms with van der Waals surface area (Å²) in [6.07, 6.45) is 11.4. The highest BCUT2D eigenvalue weighted by Crippen LogP contribution is 2.41. The van der Waals surface area contributed by atoms with Gasteiger partial charge in [0.25, 0.3) is 0 Å². The Bertz CT molecular complexity index is 485. The lowest BCUT2D eigenvalue weighted by molar-refractivity contribution is -0.00829. The Morgan fingerprint density at radius 2 is 1.36 bits per heavy atom. The number of piperidine rings is 4. The molecule has 0 radical (unpaired) electrons. The van der Waals surface area contributed by atoms with Crippen LogP contribution in [0.1, 0.15) is 72.1 Å². The summed E-state index contributed by atoms with van der Waals surface area (Å²) in [5.74, 6) is 0. The fourth-order valence-electron chi connectivity index (χ4n) is 6.87. The molecule has 4 nitrogen and oxygen atoms in total. The normalized spacial score (nSPS) is 30.9. The smallest absolute Gasteiger partial charge is 0.0195 e. The van der Waals surface area contributed by atoms with E-state index in [-0.39, 0.29) is 0 Å². The molecule has 2 spiro atoms. The van der Waals surface area contributed by atoms with Crippen LogP contribution in [0, 0.1) is 10.8 Å². The molecule has 1 atom stereocenters. The van der Waals surface area contributed by atoms with Gasteiger partial charge >= 0.3 is 0 Å². The lowest BCUT2D eigenvalue weighted by atomic mass is 9.72. The average molecular weight is 391 g/mol. The van der Waals surface area contributed by atoms with Gasteiger partial charge in [0.05, 0.1) is 0 Å². The van der Waals surface area contributed by atoms with Crippen molar-refractivity contribution in [3.8, 4) is 0 Å². The molecule has 28 heavy (non-hydrogen) atoms. The molecule has 0 aromatic heterocycles. The van der Waals surface area contributed by atoms with Gasteiger partial charge < -0.3 is 15.1 Å². The molecule has 1 unspecified atom stereocenters. The molecule has 0 aromatic carbocycles. The van der Waals surface area contributed by atoms with Crippen LogP contribution in [0.2, 0.25) is 0 Å². The first-order valence-corrected chi connectivity index (χ1v) is 12.4. The molecule has 0 saturated carbocycles. The second kappa shape index (κ2) is 8.91. The summed E-state index contributed by atoms with van der Waals surface area (Å²) in [6.45, 7) is 19.1. The third-order valence-electron chi connectivity index (χ3n) is 8.83. The van der Waals surface area contributed by atoms with Gasteiger partial charge in [0.2, 0.25) is 0 Å². The van der Waals surface area contributed by atoms with Crippen molar-refractivity contribution in [2.45, 2.75) is 84.2 Å². The molecule has 0 bridgehead atoms. The van der Waals surface area contributed by atoms with Crippen LogP contribution < -0.4 is 5.32 Å². The molecular formula is C24H46N4. The molecule has 1 N–H and O–H groups in total. The van der Waals surface area contributed by atoms with Crippen molar-refractivity contribution in [3.63, 3.8) is 0 Å². The van der Waals surface area contributed by atoms with Crippen molar-refractivity contribution in [1.82, 2.24) is 20.0 Å². The summed E-state index contributed by atoms with van der Waals surface area (Å²) in [6, 6.07) is 1.44. The molecule has 0 aromatic rings. The van der Waals surface area contributed by atoms with E-state index in [2.05, 4.69) is 40.8 Å². The molecule has 4 fully saturated rings. The summed E-state index contributed by atoms with van der Waals surface area (Å²) < 4.78 is 0. The van der Waals surface area contributed by atoms with Gasteiger partial charge in [-0.1, -0.05) is 0 Å². The van der Waals surface area contributed by atoms with Gasteiger partial charge in [-0.3, -0.25) is 4.90 Å². The van der Waals surface area contributed by atoms with Crippen molar-refractivity contribution < 1.29 is 0 Å². The molecular weight excluding hydrogens is 344 g/mol.